The molecule has 144 valence electrons. The third-order valence-electron chi connectivity index (χ3n) is 4.43. The van der Waals surface area contributed by atoms with E-state index in [1.54, 1.807) is 6.07 Å². The molecule has 0 saturated heterocycles. The molecule has 0 aromatic heterocycles. The zero-order valence-electron chi connectivity index (χ0n) is 16.1. The van der Waals surface area contributed by atoms with Gasteiger partial charge in [-0.05, 0) is 34.7 Å². The number of carbonyl (C=O) groups excluding carboxylic acids is 2. The predicted octanol–water partition coefficient (Wildman–Crippen LogP) is 5.15. The van der Waals surface area contributed by atoms with E-state index in [1.165, 1.54) is 0 Å². The van der Waals surface area contributed by atoms with Crippen LogP contribution in [0, 0.1) is 5.92 Å². The van der Waals surface area contributed by atoms with Crippen LogP contribution in [0.2, 0.25) is 0 Å². The van der Waals surface area contributed by atoms with Crippen molar-refractivity contribution in [2.24, 2.45) is 5.92 Å². The number of ether oxygens (including phenoxy) is 2. The minimum absolute atomic E-state index is 0.153. The predicted molar refractivity (Wildman–Crippen MR) is 109 cm³/mol. The van der Waals surface area contributed by atoms with Crippen molar-refractivity contribution in [2.45, 2.75) is 33.0 Å². The van der Waals surface area contributed by atoms with E-state index in [2.05, 4.69) is 0 Å². The Balaban J connectivity index is 1.74. The van der Waals surface area contributed by atoms with Crippen molar-refractivity contribution in [2.75, 3.05) is 0 Å². The number of benzene rings is 3. The molecule has 4 nitrogen and oxygen atoms in total. The lowest BCUT2D eigenvalue weighted by Crippen LogP contribution is -2.30. The highest BCUT2D eigenvalue weighted by atomic mass is 16.6. The van der Waals surface area contributed by atoms with Crippen molar-refractivity contribution in [1.82, 2.24) is 0 Å². The summed E-state index contributed by atoms with van der Waals surface area (Å²) in [7, 11) is 0. The lowest BCUT2D eigenvalue weighted by atomic mass is 10.0. The standard InChI is InChI=1S/C24H24O4/c1-17(2)15-22(24(26)27-16-18-9-4-3-5-10-18)28-23(25)21-14-8-12-19-11-6-7-13-20(19)21/h3-14,17,22H,15-16H2,1-2H3. The minimum atomic E-state index is -0.935. The summed E-state index contributed by atoms with van der Waals surface area (Å²) in [6, 6.07) is 22.5. The van der Waals surface area contributed by atoms with Gasteiger partial charge in [0.1, 0.15) is 6.61 Å². The Hall–Kier alpha value is -3.14. The Bertz CT molecular complexity index is 942. The SMILES string of the molecule is CC(C)CC(OC(=O)c1cccc2ccccc12)C(=O)OCc1ccccc1. The fraction of sp³-hybridized carbons (Fsp3) is 0.250. The zero-order chi connectivity index (χ0) is 19.9. The van der Waals surface area contributed by atoms with Gasteiger partial charge in [-0.1, -0.05) is 80.6 Å². The van der Waals surface area contributed by atoms with E-state index < -0.39 is 18.0 Å². The van der Waals surface area contributed by atoms with Crippen LogP contribution in [0.15, 0.2) is 72.8 Å². The molecule has 1 unspecified atom stereocenters. The maximum Gasteiger partial charge on any atom is 0.347 e. The molecule has 0 bridgehead atoms. The minimum Gasteiger partial charge on any atom is -0.458 e. The summed E-state index contributed by atoms with van der Waals surface area (Å²) in [6.07, 6.45) is -0.528. The van der Waals surface area contributed by atoms with E-state index in [1.807, 2.05) is 80.6 Å². The molecule has 0 heterocycles. The van der Waals surface area contributed by atoms with Crippen LogP contribution in [0.25, 0.3) is 10.8 Å². The second-order valence-corrected chi connectivity index (χ2v) is 7.14. The highest BCUT2D eigenvalue weighted by Crippen LogP contribution is 2.21. The van der Waals surface area contributed by atoms with E-state index in [9.17, 15) is 9.59 Å². The largest absolute Gasteiger partial charge is 0.458 e. The van der Waals surface area contributed by atoms with E-state index in [4.69, 9.17) is 9.47 Å². The first kappa shape index (κ1) is 19.6. The molecule has 0 radical (unpaired) electrons. The molecular weight excluding hydrogens is 352 g/mol. The molecule has 0 N–H and O–H groups in total. The molecule has 28 heavy (non-hydrogen) atoms. The van der Waals surface area contributed by atoms with Crippen LogP contribution in [0.1, 0.15) is 36.2 Å². The molecule has 0 amide bonds. The number of rotatable bonds is 7. The van der Waals surface area contributed by atoms with Crippen LogP contribution >= 0.6 is 0 Å². The molecule has 0 saturated carbocycles. The zero-order valence-corrected chi connectivity index (χ0v) is 16.1. The van der Waals surface area contributed by atoms with Crippen molar-refractivity contribution in [3.8, 4) is 0 Å². The first-order valence-corrected chi connectivity index (χ1v) is 9.44. The first-order valence-electron chi connectivity index (χ1n) is 9.44. The van der Waals surface area contributed by atoms with Crippen LogP contribution in [0.3, 0.4) is 0 Å². The van der Waals surface area contributed by atoms with Gasteiger partial charge in [0.05, 0.1) is 5.56 Å². The third-order valence-corrected chi connectivity index (χ3v) is 4.43. The van der Waals surface area contributed by atoms with Crippen molar-refractivity contribution >= 4 is 22.7 Å². The average Bonchev–Trinajstić information content (AvgIpc) is 2.71. The number of esters is 2. The molecule has 0 spiro atoms. The summed E-state index contributed by atoms with van der Waals surface area (Å²) < 4.78 is 11.0. The van der Waals surface area contributed by atoms with Crippen molar-refractivity contribution in [3.63, 3.8) is 0 Å². The van der Waals surface area contributed by atoms with Gasteiger partial charge in [0.2, 0.25) is 0 Å². The Morgan fingerprint density at radius 3 is 2.29 bits per heavy atom. The van der Waals surface area contributed by atoms with Gasteiger partial charge in [0, 0.05) is 0 Å². The summed E-state index contributed by atoms with van der Waals surface area (Å²) in [5.41, 5.74) is 1.34. The van der Waals surface area contributed by atoms with Crippen molar-refractivity contribution < 1.29 is 19.1 Å². The van der Waals surface area contributed by atoms with Crippen LogP contribution in [0.4, 0.5) is 0 Å². The monoisotopic (exact) mass is 376 g/mol. The molecule has 0 aliphatic rings. The number of carbonyl (C=O) groups is 2. The molecular formula is C24H24O4. The molecule has 4 heteroatoms. The quantitative estimate of drug-likeness (QED) is 0.535. The van der Waals surface area contributed by atoms with Gasteiger partial charge in [-0.15, -0.1) is 0 Å². The lowest BCUT2D eigenvalue weighted by Gasteiger charge is -2.19. The molecule has 0 fully saturated rings. The molecule has 3 rings (SSSR count). The topological polar surface area (TPSA) is 52.6 Å². The van der Waals surface area contributed by atoms with Gasteiger partial charge >= 0.3 is 11.9 Å². The van der Waals surface area contributed by atoms with Crippen LogP contribution in [-0.2, 0) is 20.9 Å². The Labute approximate surface area is 165 Å². The Kier molecular flexibility index (Phi) is 6.43. The summed E-state index contributed by atoms with van der Waals surface area (Å²) in [4.78, 5) is 25.4. The first-order chi connectivity index (χ1) is 13.5. The van der Waals surface area contributed by atoms with E-state index in [-0.39, 0.29) is 12.5 Å². The number of hydrogen-bond donors (Lipinski definition) is 0. The maximum atomic E-state index is 12.8. The summed E-state index contributed by atoms with van der Waals surface area (Å²) in [5, 5.41) is 1.75. The number of hydrogen-bond acceptors (Lipinski definition) is 4. The van der Waals surface area contributed by atoms with E-state index in [0.717, 1.165) is 16.3 Å². The van der Waals surface area contributed by atoms with Gasteiger partial charge in [-0.25, -0.2) is 9.59 Å². The highest BCUT2D eigenvalue weighted by molar-refractivity contribution is 6.05. The second-order valence-electron chi connectivity index (χ2n) is 7.14. The smallest absolute Gasteiger partial charge is 0.347 e. The molecule has 0 aliphatic carbocycles. The van der Waals surface area contributed by atoms with Crippen molar-refractivity contribution in [3.05, 3.63) is 83.9 Å². The van der Waals surface area contributed by atoms with Gasteiger partial charge in [0.25, 0.3) is 0 Å². The molecule has 3 aromatic carbocycles. The van der Waals surface area contributed by atoms with E-state index in [0.29, 0.717) is 12.0 Å². The average molecular weight is 376 g/mol. The van der Waals surface area contributed by atoms with Gasteiger partial charge in [0.15, 0.2) is 6.10 Å². The Morgan fingerprint density at radius 1 is 0.857 bits per heavy atom. The normalized spacial score (nSPS) is 12.0. The molecule has 1 atom stereocenters. The van der Waals surface area contributed by atoms with Crippen LogP contribution in [-0.4, -0.2) is 18.0 Å². The second kappa shape index (κ2) is 9.18. The molecule has 0 aliphatic heterocycles. The van der Waals surface area contributed by atoms with Crippen LogP contribution in [0.5, 0.6) is 0 Å². The summed E-state index contributed by atoms with van der Waals surface area (Å²) >= 11 is 0. The number of fused-ring (bicyclic) bond motifs is 1. The van der Waals surface area contributed by atoms with Crippen molar-refractivity contribution in [1.29, 1.82) is 0 Å². The van der Waals surface area contributed by atoms with E-state index >= 15 is 0 Å². The Morgan fingerprint density at radius 2 is 1.54 bits per heavy atom. The third kappa shape index (κ3) is 4.97. The maximum absolute atomic E-state index is 12.8. The van der Waals surface area contributed by atoms with Gasteiger partial charge in [-0.2, -0.15) is 0 Å². The highest BCUT2D eigenvalue weighted by Gasteiger charge is 2.27. The van der Waals surface area contributed by atoms with Crippen LogP contribution < -0.4 is 0 Å². The molecule has 3 aromatic rings. The fourth-order valence-corrected chi connectivity index (χ4v) is 3.04. The lowest BCUT2D eigenvalue weighted by molar-refractivity contribution is -0.156. The summed E-state index contributed by atoms with van der Waals surface area (Å²) in [5.74, 6) is -0.861. The summed E-state index contributed by atoms with van der Waals surface area (Å²) in [6.45, 7) is 4.10. The van der Waals surface area contributed by atoms with Gasteiger partial charge in [-0.3, -0.25) is 0 Å². The fourth-order valence-electron chi connectivity index (χ4n) is 3.04. The van der Waals surface area contributed by atoms with Gasteiger partial charge < -0.3 is 9.47 Å².